The Morgan fingerprint density at radius 1 is 1.00 bits per heavy atom. The largest absolute Gasteiger partial charge is 0.336 e. The Labute approximate surface area is 169 Å². The van der Waals surface area contributed by atoms with E-state index >= 15 is 0 Å². The monoisotopic (exact) mass is 390 g/mol. The number of halogens is 1. The number of aryl methyl sites for hydroxylation is 1. The summed E-state index contributed by atoms with van der Waals surface area (Å²) in [6.45, 7) is 5.77. The molecule has 0 unspecified atom stereocenters. The highest BCUT2D eigenvalue weighted by Gasteiger charge is 2.24. The Kier molecular flexibility index (Phi) is 5.62. The number of benzene rings is 2. The number of hydrogen-bond donors (Lipinski definition) is 0. The second kappa shape index (κ2) is 8.49. The van der Waals surface area contributed by atoms with E-state index < -0.39 is 0 Å². The predicted molar refractivity (Wildman–Crippen MR) is 110 cm³/mol. The number of rotatable bonds is 4. The second-order valence-corrected chi connectivity index (χ2v) is 7.25. The van der Waals surface area contributed by atoms with Crippen LogP contribution in [0.1, 0.15) is 21.6 Å². The number of carbonyl (C=O) groups excluding carboxylic acids is 1. The van der Waals surface area contributed by atoms with Crippen molar-refractivity contribution in [1.82, 2.24) is 19.8 Å². The van der Waals surface area contributed by atoms with Crippen LogP contribution in [0, 0.1) is 12.7 Å². The first kappa shape index (κ1) is 19.2. The third kappa shape index (κ3) is 4.49. The van der Waals surface area contributed by atoms with Gasteiger partial charge in [-0.05, 0) is 36.8 Å². The van der Waals surface area contributed by atoms with E-state index in [1.807, 2.05) is 30.0 Å². The van der Waals surface area contributed by atoms with Crippen molar-refractivity contribution in [3.05, 3.63) is 83.4 Å². The van der Waals surface area contributed by atoms with Crippen LogP contribution in [-0.2, 0) is 6.54 Å². The Balaban J connectivity index is 1.40. The van der Waals surface area contributed by atoms with Gasteiger partial charge < -0.3 is 4.90 Å². The van der Waals surface area contributed by atoms with Crippen LogP contribution in [0.4, 0.5) is 4.39 Å². The van der Waals surface area contributed by atoms with E-state index in [-0.39, 0.29) is 11.7 Å². The van der Waals surface area contributed by atoms with Crippen LogP contribution in [0.5, 0.6) is 0 Å². The van der Waals surface area contributed by atoms with Gasteiger partial charge in [0.25, 0.3) is 5.91 Å². The Hall–Kier alpha value is -3.12. The molecule has 1 fully saturated rings. The topological polar surface area (TPSA) is 49.3 Å². The van der Waals surface area contributed by atoms with E-state index in [1.165, 1.54) is 17.7 Å². The molecule has 5 nitrogen and oxygen atoms in total. The normalized spacial score (nSPS) is 14.8. The van der Waals surface area contributed by atoms with Gasteiger partial charge >= 0.3 is 0 Å². The van der Waals surface area contributed by atoms with E-state index in [4.69, 9.17) is 0 Å². The van der Waals surface area contributed by atoms with Crippen molar-refractivity contribution in [2.24, 2.45) is 0 Å². The van der Waals surface area contributed by atoms with Crippen LogP contribution in [0.15, 0.2) is 60.8 Å². The van der Waals surface area contributed by atoms with Crippen molar-refractivity contribution in [3.8, 4) is 11.4 Å². The van der Waals surface area contributed by atoms with Crippen molar-refractivity contribution < 1.29 is 9.18 Å². The van der Waals surface area contributed by atoms with Gasteiger partial charge in [-0.2, -0.15) is 0 Å². The van der Waals surface area contributed by atoms with Gasteiger partial charge in [0.2, 0.25) is 0 Å². The van der Waals surface area contributed by atoms with Crippen molar-refractivity contribution in [3.63, 3.8) is 0 Å². The molecule has 1 aromatic heterocycles. The summed E-state index contributed by atoms with van der Waals surface area (Å²) < 4.78 is 13.1. The molecule has 1 saturated heterocycles. The molecule has 0 bridgehead atoms. The fourth-order valence-corrected chi connectivity index (χ4v) is 3.54. The lowest BCUT2D eigenvalue weighted by molar-refractivity contribution is 0.0627. The Morgan fingerprint density at radius 3 is 2.34 bits per heavy atom. The van der Waals surface area contributed by atoms with Crippen LogP contribution >= 0.6 is 0 Å². The minimum Gasteiger partial charge on any atom is -0.336 e. The van der Waals surface area contributed by atoms with E-state index in [2.05, 4.69) is 27.0 Å². The maximum absolute atomic E-state index is 13.1. The van der Waals surface area contributed by atoms with Gasteiger partial charge in [0.15, 0.2) is 5.82 Å². The minimum absolute atomic E-state index is 0.0347. The van der Waals surface area contributed by atoms with Crippen molar-refractivity contribution >= 4 is 5.91 Å². The maximum Gasteiger partial charge on any atom is 0.257 e. The van der Waals surface area contributed by atoms with Crippen molar-refractivity contribution in [1.29, 1.82) is 0 Å². The molecule has 0 saturated carbocycles. The lowest BCUT2D eigenvalue weighted by Crippen LogP contribution is -2.48. The summed E-state index contributed by atoms with van der Waals surface area (Å²) in [5.74, 6) is 0.155. The van der Waals surface area contributed by atoms with E-state index in [0.717, 1.165) is 25.2 Å². The second-order valence-electron chi connectivity index (χ2n) is 7.25. The van der Waals surface area contributed by atoms with Crippen LogP contribution in [0.25, 0.3) is 11.4 Å². The zero-order valence-corrected chi connectivity index (χ0v) is 16.4. The molecule has 2 aromatic carbocycles. The van der Waals surface area contributed by atoms with Gasteiger partial charge in [-0.1, -0.05) is 30.3 Å². The number of amides is 1. The number of nitrogens with zero attached hydrogens (tertiary/aromatic N) is 4. The molecule has 0 radical (unpaired) electrons. The van der Waals surface area contributed by atoms with Gasteiger partial charge in [0, 0.05) is 44.5 Å². The summed E-state index contributed by atoms with van der Waals surface area (Å²) in [4.78, 5) is 26.0. The van der Waals surface area contributed by atoms with Gasteiger partial charge in [-0.25, -0.2) is 14.4 Å². The Bertz CT molecular complexity index is 984. The number of aromatic nitrogens is 2. The SMILES string of the molecule is Cc1nc(-c2ccc(F)cc2)ncc1C(=O)N1CCN(Cc2ccccc2)CC1. The summed E-state index contributed by atoms with van der Waals surface area (Å²) in [7, 11) is 0. The van der Waals surface area contributed by atoms with E-state index in [0.29, 0.717) is 30.2 Å². The molecule has 0 N–H and O–H groups in total. The zero-order chi connectivity index (χ0) is 20.2. The van der Waals surface area contributed by atoms with E-state index in [1.54, 1.807) is 18.3 Å². The van der Waals surface area contributed by atoms with Gasteiger partial charge in [-0.3, -0.25) is 9.69 Å². The predicted octanol–water partition coefficient (Wildman–Crippen LogP) is 3.55. The fourth-order valence-electron chi connectivity index (χ4n) is 3.54. The molecule has 3 aromatic rings. The zero-order valence-electron chi connectivity index (χ0n) is 16.4. The first-order valence-electron chi connectivity index (χ1n) is 9.75. The summed E-state index contributed by atoms with van der Waals surface area (Å²) >= 11 is 0. The molecule has 2 heterocycles. The van der Waals surface area contributed by atoms with E-state index in [9.17, 15) is 9.18 Å². The molecular formula is C23H23FN4O. The third-order valence-electron chi connectivity index (χ3n) is 5.22. The lowest BCUT2D eigenvalue weighted by atomic mass is 10.1. The van der Waals surface area contributed by atoms with Gasteiger partial charge in [0.05, 0.1) is 11.3 Å². The summed E-state index contributed by atoms with van der Waals surface area (Å²) in [5.41, 5.74) is 3.17. The molecule has 148 valence electrons. The molecule has 29 heavy (non-hydrogen) atoms. The van der Waals surface area contributed by atoms with Gasteiger partial charge in [-0.15, -0.1) is 0 Å². The molecule has 0 spiro atoms. The smallest absolute Gasteiger partial charge is 0.257 e. The molecule has 1 aliphatic heterocycles. The minimum atomic E-state index is -0.302. The molecule has 0 atom stereocenters. The number of piperazine rings is 1. The molecular weight excluding hydrogens is 367 g/mol. The average Bonchev–Trinajstić information content (AvgIpc) is 2.75. The Morgan fingerprint density at radius 2 is 1.69 bits per heavy atom. The quantitative estimate of drug-likeness (QED) is 0.684. The highest BCUT2D eigenvalue weighted by molar-refractivity contribution is 5.95. The van der Waals surface area contributed by atoms with Crippen LogP contribution < -0.4 is 0 Å². The van der Waals surface area contributed by atoms with Crippen LogP contribution in [0.2, 0.25) is 0 Å². The standard InChI is InChI=1S/C23H23FN4O/c1-17-21(15-25-22(26-17)19-7-9-20(24)10-8-19)23(29)28-13-11-27(12-14-28)16-18-5-3-2-4-6-18/h2-10,15H,11-14,16H2,1H3. The highest BCUT2D eigenvalue weighted by Crippen LogP contribution is 2.18. The molecule has 1 aliphatic rings. The van der Waals surface area contributed by atoms with Crippen LogP contribution in [0.3, 0.4) is 0 Å². The van der Waals surface area contributed by atoms with Crippen molar-refractivity contribution in [2.75, 3.05) is 26.2 Å². The number of hydrogen-bond acceptors (Lipinski definition) is 4. The first-order valence-corrected chi connectivity index (χ1v) is 9.75. The molecule has 1 amide bonds. The van der Waals surface area contributed by atoms with Crippen molar-refractivity contribution in [2.45, 2.75) is 13.5 Å². The number of carbonyl (C=O) groups is 1. The third-order valence-corrected chi connectivity index (χ3v) is 5.22. The lowest BCUT2D eigenvalue weighted by Gasteiger charge is -2.34. The summed E-state index contributed by atoms with van der Waals surface area (Å²) in [5, 5.41) is 0. The van der Waals surface area contributed by atoms with Gasteiger partial charge in [0.1, 0.15) is 5.82 Å². The average molecular weight is 390 g/mol. The molecule has 0 aliphatic carbocycles. The molecule has 6 heteroatoms. The highest BCUT2D eigenvalue weighted by atomic mass is 19.1. The first-order chi connectivity index (χ1) is 14.1. The molecule has 4 rings (SSSR count). The van der Waals surface area contributed by atoms with Crippen LogP contribution in [-0.4, -0.2) is 51.9 Å². The fraction of sp³-hybridized carbons (Fsp3) is 0.261. The summed E-state index contributed by atoms with van der Waals surface area (Å²) in [6, 6.07) is 16.4. The summed E-state index contributed by atoms with van der Waals surface area (Å²) in [6.07, 6.45) is 1.58. The maximum atomic E-state index is 13.1.